The zero-order valence-corrected chi connectivity index (χ0v) is 9.46. The van der Waals surface area contributed by atoms with E-state index in [1.54, 1.807) is 0 Å². The normalized spacial score (nSPS) is 20.4. The predicted molar refractivity (Wildman–Crippen MR) is 60.8 cm³/mol. The second-order valence-electron chi connectivity index (χ2n) is 4.14. The Balaban J connectivity index is 1.75. The average molecular weight is 249 g/mol. The van der Waals surface area contributed by atoms with Crippen molar-refractivity contribution in [3.8, 4) is 11.5 Å². The second-order valence-corrected chi connectivity index (χ2v) is 4.14. The summed E-state index contributed by atoms with van der Waals surface area (Å²) >= 11 is 0. The monoisotopic (exact) mass is 249 g/mol. The van der Waals surface area contributed by atoms with E-state index in [0.717, 1.165) is 11.3 Å². The first kappa shape index (κ1) is 10.9. The van der Waals surface area contributed by atoms with Crippen molar-refractivity contribution in [2.24, 2.45) is 5.16 Å². The van der Waals surface area contributed by atoms with Crippen LogP contribution in [0.3, 0.4) is 0 Å². The molecule has 0 aromatic heterocycles. The van der Waals surface area contributed by atoms with Crippen LogP contribution in [0.4, 0.5) is 0 Å². The molecular weight excluding hydrogens is 238 g/mol. The van der Waals surface area contributed by atoms with Gasteiger partial charge in [-0.05, 0) is 18.2 Å². The van der Waals surface area contributed by atoms with E-state index in [4.69, 9.17) is 19.4 Å². The molecule has 1 aromatic carbocycles. The lowest BCUT2D eigenvalue weighted by Crippen LogP contribution is -2.13. The predicted octanol–water partition coefficient (Wildman–Crippen LogP) is 1.38. The van der Waals surface area contributed by atoms with Crippen molar-refractivity contribution in [3.63, 3.8) is 0 Å². The van der Waals surface area contributed by atoms with E-state index >= 15 is 0 Å². The maximum absolute atomic E-state index is 10.6. The van der Waals surface area contributed by atoms with E-state index < -0.39 is 5.97 Å². The maximum Gasteiger partial charge on any atom is 0.307 e. The minimum atomic E-state index is -0.887. The highest BCUT2D eigenvalue weighted by Crippen LogP contribution is 2.33. The van der Waals surface area contributed by atoms with Crippen LogP contribution in [0.5, 0.6) is 11.5 Å². The van der Waals surface area contributed by atoms with E-state index in [-0.39, 0.29) is 19.3 Å². The molecule has 0 aliphatic carbocycles. The van der Waals surface area contributed by atoms with Crippen molar-refractivity contribution in [2.75, 3.05) is 6.79 Å². The molecule has 0 amide bonds. The van der Waals surface area contributed by atoms with Gasteiger partial charge in [-0.25, -0.2) is 0 Å². The van der Waals surface area contributed by atoms with Crippen LogP contribution in [0.1, 0.15) is 18.4 Å². The average Bonchev–Trinajstić information content (AvgIpc) is 2.95. The summed E-state index contributed by atoms with van der Waals surface area (Å²) in [5, 5.41) is 12.6. The Bertz CT molecular complexity index is 525. The number of oxime groups is 1. The van der Waals surface area contributed by atoms with Crippen molar-refractivity contribution in [3.05, 3.63) is 23.8 Å². The van der Waals surface area contributed by atoms with Crippen molar-refractivity contribution >= 4 is 11.7 Å². The quantitative estimate of drug-likeness (QED) is 0.875. The molecule has 0 saturated carbocycles. The molecular formula is C12H11NO5. The molecule has 6 nitrogen and oxygen atoms in total. The molecule has 6 heteroatoms. The molecule has 94 valence electrons. The molecule has 0 radical (unpaired) electrons. The van der Waals surface area contributed by atoms with Crippen molar-refractivity contribution in [1.29, 1.82) is 0 Å². The number of benzene rings is 1. The topological polar surface area (TPSA) is 77.4 Å². The van der Waals surface area contributed by atoms with Crippen LogP contribution in [0.15, 0.2) is 23.4 Å². The molecule has 1 aromatic rings. The SMILES string of the molecule is O=C(O)CC1CC(c2ccc3c(c2)OCO3)=NO1. The number of ether oxygens (including phenoxy) is 2. The van der Waals surface area contributed by atoms with Crippen LogP contribution in [0.25, 0.3) is 0 Å². The summed E-state index contributed by atoms with van der Waals surface area (Å²) in [6, 6.07) is 5.50. The van der Waals surface area contributed by atoms with E-state index in [0.29, 0.717) is 17.9 Å². The number of carboxylic acids is 1. The van der Waals surface area contributed by atoms with Gasteiger partial charge in [0, 0.05) is 12.0 Å². The first-order valence-electron chi connectivity index (χ1n) is 5.57. The second kappa shape index (κ2) is 4.21. The highest BCUT2D eigenvalue weighted by Gasteiger charge is 2.25. The van der Waals surface area contributed by atoms with Crippen molar-refractivity contribution in [1.82, 2.24) is 0 Å². The van der Waals surface area contributed by atoms with Crippen molar-refractivity contribution < 1.29 is 24.2 Å². The Morgan fingerprint density at radius 1 is 1.39 bits per heavy atom. The molecule has 0 bridgehead atoms. The zero-order chi connectivity index (χ0) is 12.5. The highest BCUT2D eigenvalue weighted by atomic mass is 16.7. The fraction of sp³-hybridized carbons (Fsp3) is 0.333. The Hall–Kier alpha value is -2.24. The lowest BCUT2D eigenvalue weighted by Gasteiger charge is -2.03. The summed E-state index contributed by atoms with van der Waals surface area (Å²) in [5.41, 5.74) is 1.60. The molecule has 0 spiro atoms. The lowest BCUT2D eigenvalue weighted by molar-refractivity contribution is -0.139. The van der Waals surface area contributed by atoms with Gasteiger partial charge in [0.1, 0.15) is 6.10 Å². The van der Waals surface area contributed by atoms with Gasteiger partial charge in [0.2, 0.25) is 6.79 Å². The molecule has 0 fully saturated rings. The third-order valence-corrected chi connectivity index (χ3v) is 2.84. The van der Waals surface area contributed by atoms with Gasteiger partial charge >= 0.3 is 5.97 Å². The summed E-state index contributed by atoms with van der Waals surface area (Å²) in [7, 11) is 0. The summed E-state index contributed by atoms with van der Waals surface area (Å²) < 4.78 is 10.5. The van der Waals surface area contributed by atoms with E-state index in [1.165, 1.54) is 0 Å². The molecule has 1 N–H and O–H groups in total. The fourth-order valence-corrected chi connectivity index (χ4v) is 1.98. The maximum atomic E-state index is 10.6. The Morgan fingerprint density at radius 3 is 3.06 bits per heavy atom. The smallest absolute Gasteiger partial charge is 0.307 e. The van der Waals surface area contributed by atoms with Gasteiger partial charge in [-0.15, -0.1) is 0 Å². The first-order valence-corrected chi connectivity index (χ1v) is 5.57. The van der Waals surface area contributed by atoms with Crippen molar-refractivity contribution in [2.45, 2.75) is 18.9 Å². The number of fused-ring (bicyclic) bond motifs is 1. The summed E-state index contributed by atoms with van der Waals surface area (Å²) in [4.78, 5) is 15.7. The van der Waals surface area contributed by atoms with Gasteiger partial charge in [-0.3, -0.25) is 4.79 Å². The van der Waals surface area contributed by atoms with Gasteiger partial charge < -0.3 is 19.4 Å². The van der Waals surface area contributed by atoms with Crippen LogP contribution in [0.2, 0.25) is 0 Å². The Labute approximate surface area is 103 Å². The van der Waals surface area contributed by atoms with E-state index in [9.17, 15) is 4.79 Å². The lowest BCUT2D eigenvalue weighted by atomic mass is 10.0. The van der Waals surface area contributed by atoms with E-state index in [2.05, 4.69) is 5.16 Å². The van der Waals surface area contributed by atoms with Crippen LogP contribution >= 0.6 is 0 Å². The van der Waals surface area contributed by atoms with Crippen LogP contribution < -0.4 is 9.47 Å². The van der Waals surface area contributed by atoms with Crippen LogP contribution in [-0.4, -0.2) is 29.7 Å². The molecule has 2 heterocycles. The first-order chi connectivity index (χ1) is 8.72. The van der Waals surface area contributed by atoms with Gasteiger partial charge in [-0.2, -0.15) is 0 Å². The number of aliphatic carboxylic acids is 1. The molecule has 2 aliphatic rings. The third-order valence-electron chi connectivity index (χ3n) is 2.84. The third kappa shape index (κ3) is 1.97. The largest absolute Gasteiger partial charge is 0.481 e. The number of carbonyl (C=O) groups is 1. The molecule has 1 atom stereocenters. The highest BCUT2D eigenvalue weighted by molar-refractivity contribution is 6.02. The summed E-state index contributed by atoms with van der Waals surface area (Å²) in [6.45, 7) is 0.226. The number of hydrogen-bond acceptors (Lipinski definition) is 5. The Morgan fingerprint density at radius 2 is 2.22 bits per heavy atom. The van der Waals surface area contributed by atoms with E-state index in [1.807, 2.05) is 18.2 Å². The molecule has 3 rings (SSSR count). The zero-order valence-electron chi connectivity index (χ0n) is 9.46. The van der Waals surface area contributed by atoms with Crippen LogP contribution in [-0.2, 0) is 9.63 Å². The summed E-state index contributed by atoms with van der Waals surface area (Å²) in [5.74, 6) is 0.499. The minimum absolute atomic E-state index is 0.0441. The molecule has 0 saturated heterocycles. The van der Waals surface area contributed by atoms with Gasteiger partial charge in [0.15, 0.2) is 11.5 Å². The number of carboxylic acid groups (broad SMARTS) is 1. The minimum Gasteiger partial charge on any atom is -0.481 e. The number of hydrogen-bond donors (Lipinski definition) is 1. The van der Waals surface area contributed by atoms with Gasteiger partial charge in [-0.1, -0.05) is 5.16 Å². The van der Waals surface area contributed by atoms with Gasteiger partial charge in [0.25, 0.3) is 0 Å². The Kier molecular flexibility index (Phi) is 2.55. The number of rotatable bonds is 3. The fourth-order valence-electron chi connectivity index (χ4n) is 1.98. The molecule has 2 aliphatic heterocycles. The molecule has 1 unspecified atom stereocenters. The molecule has 18 heavy (non-hydrogen) atoms. The standard InChI is InChI=1S/C12H11NO5/c14-12(15)5-8-4-9(13-18-8)7-1-2-10-11(3-7)17-6-16-10/h1-3,8H,4-6H2,(H,14,15). The summed E-state index contributed by atoms with van der Waals surface area (Å²) in [6.07, 6.45) is 0.0617. The number of nitrogens with zero attached hydrogens (tertiary/aromatic N) is 1. The van der Waals surface area contributed by atoms with Crippen LogP contribution in [0, 0.1) is 0 Å². The van der Waals surface area contributed by atoms with Gasteiger partial charge in [0.05, 0.1) is 12.1 Å².